The minimum atomic E-state index is -0.155. The molecule has 0 fully saturated rings. The van der Waals surface area contributed by atoms with Crippen molar-refractivity contribution in [1.29, 1.82) is 0 Å². The van der Waals surface area contributed by atoms with E-state index in [1.165, 1.54) is 10.8 Å². The van der Waals surface area contributed by atoms with Gasteiger partial charge in [-0.2, -0.15) is 0 Å². The highest BCUT2D eigenvalue weighted by molar-refractivity contribution is 6.31. The third-order valence-electron chi connectivity index (χ3n) is 4.29. The Balaban J connectivity index is 1.67. The summed E-state index contributed by atoms with van der Waals surface area (Å²) >= 11 is 6.00. The lowest BCUT2D eigenvalue weighted by molar-refractivity contribution is -0.115. The smallest absolute Gasteiger partial charge is 0.238 e. The summed E-state index contributed by atoms with van der Waals surface area (Å²) in [6.07, 6.45) is 0. The summed E-state index contributed by atoms with van der Waals surface area (Å²) in [4.78, 5) is 12.3. The molecule has 0 saturated heterocycles. The van der Waals surface area contributed by atoms with Crippen LogP contribution in [-0.4, -0.2) is 19.6 Å². The fraction of sp³-hybridized carbons (Fsp3) is 0.190. The van der Waals surface area contributed by atoms with E-state index in [1.54, 1.807) is 25.3 Å². The van der Waals surface area contributed by atoms with Gasteiger partial charge in [0.05, 0.1) is 19.3 Å². The number of ether oxygens (including phenoxy) is 1. The second-order valence-corrected chi connectivity index (χ2v) is 6.50. The fourth-order valence-corrected chi connectivity index (χ4v) is 3.13. The van der Waals surface area contributed by atoms with Gasteiger partial charge in [-0.3, -0.25) is 4.79 Å². The number of anilines is 1. The van der Waals surface area contributed by atoms with Crippen molar-refractivity contribution >= 4 is 34.0 Å². The van der Waals surface area contributed by atoms with Crippen LogP contribution in [0.2, 0.25) is 5.02 Å². The third kappa shape index (κ3) is 4.15. The molecule has 0 heterocycles. The summed E-state index contributed by atoms with van der Waals surface area (Å²) < 4.78 is 5.25. The van der Waals surface area contributed by atoms with Crippen molar-refractivity contribution in [3.63, 3.8) is 0 Å². The van der Waals surface area contributed by atoms with Crippen molar-refractivity contribution in [1.82, 2.24) is 5.32 Å². The Labute approximate surface area is 158 Å². The molecule has 134 valence electrons. The molecule has 0 aromatic heterocycles. The second-order valence-electron chi connectivity index (χ2n) is 6.06. The minimum absolute atomic E-state index is 0.0353. The number of rotatable bonds is 6. The zero-order valence-corrected chi connectivity index (χ0v) is 15.5. The average Bonchev–Trinajstić information content (AvgIpc) is 2.66. The number of hydrogen-bond acceptors (Lipinski definition) is 3. The van der Waals surface area contributed by atoms with Gasteiger partial charge in [0.15, 0.2) is 0 Å². The van der Waals surface area contributed by atoms with Crippen LogP contribution in [0, 0.1) is 0 Å². The van der Waals surface area contributed by atoms with Crippen LogP contribution in [0.15, 0.2) is 60.7 Å². The molecule has 2 N–H and O–H groups in total. The molecular weight excluding hydrogens is 348 g/mol. The molecule has 0 unspecified atom stereocenters. The molecule has 3 aromatic carbocycles. The maximum absolute atomic E-state index is 12.3. The number of fused-ring (bicyclic) bond motifs is 1. The Morgan fingerprint density at radius 2 is 1.88 bits per heavy atom. The lowest BCUT2D eigenvalue weighted by Gasteiger charge is -2.17. The standard InChI is InChI=1S/C21H21ClN2O2/c1-14(17-9-5-7-15-6-3-4-8-18(15)17)23-13-21(25)24-19-12-16(22)10-11-20(19)26-2/h3-12,14,23H,13H2,1-2H3,(H,24,25)/t14-/m1/s1. The maximum atomic E-state index is 12.3. The normalized spacial score (nSPS) is 12.0. The molecule has 0 spiro atoms. The van der Waals surface area contributed by atoms with E-state index in [0.29, 0.717) is 16.5 Å². The molecule has 0 aliphatic heterocycles. The SMILES string of the molecule is COc1ccc(Cl)cc1NC(=O)CN[C@H](C)c1cccc2ccccc12. The predicted molar refractivity (Wildman–Crippen MR) is 107 cm³/mol. The van der Waals surface area contributed by atoms with Crippen LogP contribution in [0.25, 0.3) is 10.8 Å². The quantitative estimate of drug-likeness (QED) is 0.657. The van der Waals surface area contributed by atoms with Gasteiger partial charge in [0.25, 0.3) is 0 Å². The summed E-state index contributed by atoms with van der Waals surface area (Å²) in [5.74, 6) is 0.419. The first-order valence-electron chi connectivity index (χ1n) is 8.43. The van der Waals surface area contributed by atoms with E-state index in [1.807, 2.05) is 18.2 Å². The topological polar surface area (TPSA) is 50.4 Å². The molecule has 3 rings (SSSR count). The van der Waals surface area contributed by atoms with E-state index in [-0.39, 0.29) is 18.5 Å². The van der Waals surface area contributed by atoms with Gasteiger partial charge in [-0.25, -0.2) is 0 Å². The van der Waals surface area contributed by atoms with Crippen molar-refractivity contribution < 1.29 is 9.53 Å². The van der Waals surface area contributed by atoms with E-state index in [0.717, 1.165) is 5.56 Å². The number of nitrogens with one attached hydrogen (secondary N) is 2. The van der Waals surface area contributed by atoms with Gasteiger partial charge in [0.1, 0.15) is 5.75 Å². The van der Waals surface area contributed by atoms with Crippen LogP contribution < -0.4 is 15.4 Å². The summed E-state index contributed by atoms with van der Waals surface area (Å²) in [5, 5.41) is 9.03. The molecule has 0 aliphatic rings. The fourth-order valence-electron chi connectivity index (χ4n) is 2.96. The van der Waals surface area contributed by atoms with Crippen LogP contribution >= 0.6 is 11.6 Å². The highest BCUT2D eigenvalue weighted by Crippen LogP contribution is 2.28. The Kier molecular flexibility index (Phi) is 5.76. The van der Waals surface area contributed by atoms with Crippen LogP contribution in [0.1, 0.15) is 18.5 Å². The van der Waals surface area contributed by atoms with E-state index in [4.69, 9.17) is 16.3 Å². The molecule has 0 radical (unpaired) electrons. The number of halogens is 1. The molecule has 1 amide bonds. The lowest BCUT2D eigenvalue weighted by atomic mass is 10.00. The van der Waals surface area contributed by atoms with Gasteiger partial charge < -0.3 is 15.4 Å². The van der Waals surface area contributed by atoms with Crippen molar-refractivity contribution in [2.75, 3.05) is 19.0 Å². The Morgan fingerprint density at radius 1 is 1.12 bits per heavy atom. The highest BCUT2D eigenvalue weighted by atomic mass is 35.5. The van der Waals surface area contributed by atoms with Gasteiger partial charge in [-0.1, -0.05) is 54.1 Å². The number of benzene rings is 3. The molecule has 5 heteroatoms. The van der Waals surface area contributed by atoms with Crippen LogP contribution in [0.5, 0.6) is 5.75 Å². The van der Waals surface area contributed by atoms with E-state index < -0.39 is 0 Å². The van der Waals surface area contributed by atoms with E-state index in [9.17, 15) is 4.79 Å². The third-order valence-corrected chi connectivity index (χ3v) is 4.53. The predicted octanol–water partition coefficient (Wildman–Crippen LogP) is 4.79. The van der Waals surface area contributed by atoms with Gasteiger partial charge in [-0.15, -0.1) is 0 Å². The zero-order chi connectivity index (χ0) is 18.5. The number of amides is 1. The summed E-state index contributed by atoms with van der Waals surface area (Å²) in [6.45, 7) is 2.23. The number of hydrogen-bond donors (Lipinski definition) is 2. The molecule has 3 aromatic rings. The second kappa shape index (κ2) is 8.21. The van der Waals surface area contributed by atoms with Crippen molar-refractivity contribution in [2.45, 2.75) is 13.0 Å². The molecule has 26 heavy (non-hydrogen) atoms. The van der Waals surface area contributed by atoms with Crippen molar-refractivity contribution in [2.24, 2.45) is 0 Å². The summed E-state index contributed by atoms with van der Waals surface area (Å²) in [6, 6.07) is 19.6. The van der Waals surface area contributed by atoms with Gasteiger partial charge in [0.2, 0.25) is 5.91 Å². The first-order valence-corrected chi connectivity index (χ1v) is 8.80. The van der Waals surface area contributed by atoms with Gasteiger partial charge in [-0.05, 0) is 41.5 Å². The zero-order valence-electron chi connectivity index (χ0n) is 14.8. The minimum Gasteiger partial charge on any atom is -0.495 e. The number of carbonyl (C=O) groups excluding carboxylic acids is 1. The summed E-state index contributed by atoms with van der Waals surface area (Å²) in [5.41, 5.74) is 1.72. The largest absolute Gasteiger partial charge is 0.495 e. The number of methoxy groups -OCH3 is 1. The van der Waals surface area contributed by atoms with E-state index >= 15 is 0 Å². The first-order chi connectivity index (χ1) is 12.6. The molecule has 0 aliphatic carbocycles. The molecule has 0 bridgehead atoms. The van der Waals surface area contributed by atoms with Crippen LogP contribution in [0.3, 0.4) is 0 Å². The van der Waals surface area contributed by atoms with Crippen molar-refractivity contribution in [3.8, 4) is 5.75 Å². The summed E-state index contributed by atoms with van der Waals surface area (Å²) in [7, 11) is 1.56. The van der Waals surface area contributed by atoms with Crippen LogP contribution in [-0.2, 0) is 4.79 Å². The lowest BCUT2D eigenvalue weighted by Crippen LogP contribution is -2.30. The monoisotopic (exact) mass is 368 g/mol. The maximum Gasteiger partial charge on any atom is 0.238 e. The average molecular weight is 369 g/mol. The first kappa shape index (κ1) is 18.2. The van der Waals surface area contributed by atoms with Crippen LogP contribution in [0.4, 0.5) is 5.69 Å². The van der Waals surface area contributed by atoms with Gasteiger partial charge >= 0.3 is 0 Å². The highest BCUT2D eigenvalue weighted by Gasteiger charge is 2.12. The molecular formula is C21H21ClN2O2. The van der Waals surface area contributed by atoms with Crippen molar-refractivity contribution in [3.05, 3.63) is 71.2 Å². The molecule has 1 atom stereocenters. The molecule has 4 nitrogen and oxygen atoms in total. The Bertz CT molecular complexity index is 922. The number of carbonyl (C=O) groups is 1. The molecule has 0 saturated carbocycles. The van der Waals surface area contributed by atoms with E-state index in [2.05, 4.69) is 41.8 Å². The van der Waals surface area contributed by atoms with Gasteiger partial charge in [0, 0.05) is 11.1 Å². The Hall–Kier alpha value is -2.56. The Morgan fingerprint density at radius 3 is 2.69 bits per heavy atom.